The Balaban J connectivity index is 3.57. The van der Waals surface area contributed by atoms with Gasteiger partial charge in [-0.25, -0.2) is 0 Å². The van der Waals surface area contributed by atoms with Crippen LogP contribution in [-0.4, -0.2) is 22.9 Å². The van der Waals surface area contributed by atoms with Crippen molar-refractivity contribution in [2.24, 2.45) is 11.3 Å². The van der Waals surface area contributed by atoms with Crippen molar-refractivity contribution in [2.45, 2.75) is 183 Å². The van der Waals surface area contributed by atoms with Gasteiger partial charge in [0.15, 0.2) is 0 Å². The Morgan fingerprint density at radius 3 is 1.11 bits per heavy atom. The largest absolute Gasteiger partial charge is 0.396 e. The minimum absolute atomic E-state index is 0.0922. The average Bonchev–Trinajstić information content (AvgIpc) is 2.86. The summed E-state index contributed by atoms with van der Waals surface area (Å²) in [7, 11) is 0. The molecule has 0 aliphatic rings. The summed E-state index contributed by atoms with van der Waals surface area (Å²) in [5.74, 6) is 0.627. The predicted molar refractivity (Wildman–Crippen MR) is 198 cm³/mol. The van der Waals surface area contributed by atoms with Crippen LogP contribution in [0.1, 0.15) is 181 Å². The van der Waals surface area contributed by atoms with Gasteiger partial charge < -0.3 is 10.2 Å². The fraction of sp³-hybridized carbons (Fsp3) is 0.721. The number of hydrogen-bond donors (Lipinski definition) is 2. The molecule has 2 nitrogen and oxygen atoms in total. The quantitative estimate of drug-likeness (QED) is 0.259. The molecule has 256 valence electrons. The highest BCUT2D eigenvalue weighted by atomic mass is 16.3. The Hall–Kier alpha value is -1.64. The fourth-order valence-corrected chi connectivity index (χ4v) is 7.40. The van der Waals surface area contributed by atoms with Gasteiger partial charge in [0.2, 0.25) is 0 Å². The van der Waals surface area contributed by atoms with Gasteiger partial charge in [0, 0.05) is 10.8 Å². The molecule has 2 heteroatoms. The second-order valence-corrected chi connectivity index (χ2v) is 19.6. The summed E-state index contributed by atoms with van der Waals surface area (Å²) in [6.45, 7) is 41.0. The summed E-state index contributed by atoms with van der Waals surface area (Å²) in [5.41, 5.74) is 8.15. The molecule has 0 bridgehead atoms. The zero-order chi connectivity index (χ0) is 35.1. The molecule has 2 rings (SSSR count). The van der Waals surface area contributed by atoms with Crippen LogP contribution >= 0.6 is 0 Å². The van der Waals surface area contributed by atoms with E-state index in [9.17, 15) is 10.2 Å². The van der Waals surface area contributed by atoms with Crippen molar-refractivity contribution in [1.82, 2.24) is 0 Å². The van der Waals surface area contributed by atoms with Crippen LogP contribution in [0, 0.1) is 25.2 Å². The molecule has 0 spiro atoms. The zero-order valence-electron chi connectivity index (χ0n) is 32.9. The molecule has 2 N–H and O–H groups in total. The molecule has 2 aromatic carbocycles. The second-order valence-electron chi connectivity index (χ2n) is 19.6. The zero-order valence-corrected chi connectivity index (χ0v) is 32.9. The highest BCUT2D eigenvalue weighted by molar-refractivity contribution is 5.61. The number of unbranched alkanes of at least 4 members (excludes halogenated alkanes) is 1. The first-order valence-electron chi connectivity index (χ1n) is 17.7. The number of aryl methyl sites for hydroxylation is 2. The third-order valence-electron chi connectivity index (χ3n) is 9.91. The smallest absolute Gasteiger partial charge is 0.0750 e. The predicted octanol–water partition coefficient (Wildman–Crippen LogP) is 11.4. The first kappa shape index (κ1) is 39.5. The Morgan fingerprint density at radius 2 is 0.867 bits per heavy atom. The highest BCUT2D eigenvalue weighted by Gasteiger charge is 2.54. The lowest BCUT2D eigenvalue weighted by atomic mass is 9.52. The molecule has 0 aliphatic heterocycles. The number of aliphatic hydroxyl groups excluding tert-OH is 2. The van der Waals surface area contributed by atoms with Crippen molar-refractivity contribution in [3.63, 3.8) is 0 Å². The number of aliphatic hydroxyl groups is 2. The Kier molecular flexibility index (Phi) is 11.8. The first-order valence-corrected chi connectivity index (χ1v) is 17.7. The fourth-order valence-electron chi connectivity index (χ4n) is 7.40. The summed E-state index contributed by atoms with van der Waals surface area (Å²) >= 11 is 0. The van der Waals surface area contributed by atoms with Crippen LogP contribution in [0.15, 0.2) is 24.3 Å². The summed E-state index contributed by atoms with van der Waals surface area (Å²) in [6.07, 6.45) is 3.25. The first-order chi connectivity index (χ1) is 20.1. The van der Waals surface area contributed by atoms with E-state index >= 15 is 0 Å². The lowest BCUT2D eigenvalue weighted by Crippen LogP contribution is -2.54. The van der Waals surface area contributed by atoms with Crippen molar-refractivity contribution < 1.29 is 10.2 Å². The lowest BCUT2D eigenvalue weighted by Gasteiger charge is -2.52. The minimum Gasteiger partial charge on any atom is -0.396 e. The van der Waals surface area contributed by atoms with Gasteiger partial charge in [0.05, 0.1) is 12.7 Å². The van der Waals surface area contributed by atoms with E-state index in [1.54, 1.807) is 0 Å². The molecule has 2 aromatic rings. The van der Waals surface area contributed by atoms with E-state index in [1.807, 2.05) is 0 Å². The normalized spacial score (nSPS) is 14.8. The molecule has 0 aromatic heterocycles. The van der Waals surface area contributed by atoms with Crippen LogP contribution in [0.3, 0.4) is 0 Å². The monoisotopic (exact) mass is 621 g/mol. The number of hydrogen-bond acceptors (Lipinski definition) is 2. The third-order valence-corrected chi connectivity index (χ3v) is 9.91. The van der Waals surface area contributed by atoms with E-state index in [4.69, 9.17) is 0 Å². The van der Waals surface area contributed by atoms with Gasteiger partial charge in [-0.3, -0.25) is 0 Å². The molecule has 45 heavy (non-hydrogen) atoms. The van der Waals surface area contributed by atoms with E-state index in [2.05, 4.69) is 149 Å². The van der Waals surface area contributed by atoms with Gasteiger partial charge in [0.25, 0.3) is 0 Å². The summed E-state index contributed by atoms with van der Waals surface area (Å²) in [4.78, 5) is 0. The highest BCUT2D eigenvalue weighted by Crippen LogP contribution is 2.56. The third kappa shape index (κ3) is 8.64. The van der Waals surface area contributed by atoms with E-state index in [0.717, 1.165) is 25.7 Å². The molecule has 0 saturated heterocycles. The van der Waals surface area contributed by atoms with E-state index in [-0.39, 0.29) is 28.3 Å². The van der Waals surface area contributed by atoms with E-state index in [0.29, 0.717) is 5.92 Å². The van der Waals surface area contributed by atoms with Crippen molar-refractivity contribution in [1.29, 1.82) is 0 Å². The number of rotatable bonds is 10. The van der Waals surface area contributed by atoms with Gasteiger partial charge in [-0.1, -0.05) is 165 Å². The topological polar surface area (TPSA) is 40.5 Å². The second kappa shape index (κ2) is 13.5. The van der Waals surface area contributed by atoms with Gasteiger partial charge in [-0.2, -0.15) is 0 Å². The molecule has 0 saturated carbocycles. The number of benzene rings is 2. The van der Waals surface area contributed by atoms with Gasteiger partial charge >= 0.3 is 0 Å². The van der Waals surface area contributed by atoms with E-state index in [1.165, 1.54) is 44.5 Å². The molecule has 1 atom stereocenters. The SMILES string of the molecule is Cc1cc(C(C)(C)C)c(C(CCCCC(C)C)(c2c(C(C)(C)C)cc(C)cc2C(C)(C)C)C(O)C(C)(C)CO)c(C(C)(C)C)c1. The standard InChI is InChI=1S/C43H72O2/c1-28(2)21-19-20-22-43(37(45)42(17,18)27-44,35-31(38(5,6)7)23-29(3)24-32(35)39(8,9)10)36-33(40(11,12)13)25-30(4)26-34(36)41(14,15)16/h23-26,28,37,44-45H,19-22,27H2,1-18H3. The van der Waals surface area contributed by atoms with Crippen LogP contribution in [0.2, 0.25) is 0 Å². The van der Waals surface area contributed by atoms with Crippen molar-refractivity contribution in [3.8, 4) is 0 Å². The van der Waals surface area contributed by atoms with Gasteiger partial charge in [0.1, 0.15) is 0 Å². The average molecular weight is 621 g/mol. The molecule has 1 unspecified atom stereocenters. The Bertz CT molecular complexity index is 1140. The van der Waals surface area contributed by atoms with Crippen LogP contribution in [-0.2, 0) is 27.1 Å². The van der Waals surface area contributed by atoms with Crippen LogP contribution in [0.4, 0.5) is 0 Å². The van der Waals surface area contributed by atoms with Gasteiger partial charge in [-0.05, 0) is 81.2 Å². The van der Waals surface area contributed by atoms with Gasteiger partial charge in [-0.15, -0.1) is 0 Å². The van der Waals surface area contributed by atoms with Crippen LogP contribution < -0.4 is 0 Å². The Labute approximate surface area is 279 Å². The molecule has 0 heterocycles. The molecular weight excluding hydrogens is 548 g/mol. The van der Waals surface area contributed by atoms with Crippen LogP contribution in [0.25, 0.3) is 0 Å². The van der Waals surface area contributed by atoms with Crippen LogP contribution in [0.5, 0.6) is 0 Å². The Morgan fingerprint density at radius 1 is 0.556 bits per heavy atom. The van der Waals surface area contributed by atoms with Crippen molar-refractivity contribution in [3.05, 3.63) is 68.8 Å². The van der Waals surface area contributed by atoms with E-state index < -0.39 is 16.9 Å². The maximum absolute atomic E-state index is 13.3. The molecule has 0 amide bonds. The maximum Gasteiger partial charge on any atom is 0.0750 e. The summed E-state index contributed by atoms with van der Waals surface area (Å²) in [5, 5.41) is 24.4. The van der Waals surface area contributed by atoms with Crippen molar-refractivity contribution >= 4 is 0 Å². The maximum atomic E-state index is 13.3. The minimum atomic E-state index is -0.830. The lowest BCUT2D eigenvalue weighted by molar-refractivity contribution is -0.0381. The molecule has 0 fully saturated rings. The molecule has 0 radical (unpaired) electrons. The summed E-state index contributed by atoms with van der Waals surface area (Å²) in [6, 6.07) is 9.59. The van der Waals surface area contributed by atoms with Crippen molar-refractivity contribution in [2.75, 3.05) is 6.61 Å². The molecular formula is C43H72O2. The molecule has 0 aliphatic carbocycles. The summed E-state index contributed by atoms with van der Waals surface area (Å²) < 4.78 is 0.